The maximum Gasteiger partial charge on any atom is 0.410 e. The Hall–Kier alpha value is -2.82. The molecular formula is C15H16N4O4. The summed E-state index contributed by atoms with van der Waals surface area (Å²) in [4.78, 5) is 30.7. The Labute approximate surface area is 133 Å². The second-order valence-corrected chi connectivity index (χ2v) is 5.40. The van der Waals surface area contributed by atoms with Crippen molar-refractivity contribution in [2.45, 2.75) is 12.5 Å². The van der Waals surface area contributed by atoms with E-state index < -0.39 is 6.09 Å². The molecule has 0 bridgehead atoms. The molecule has 120 valence electrons. The first-order valence-corrected chi connectivity index (χ1v) is 7.38. The zero-order valence-corrected chi connectivity index (χ0v) is 12.5. The molecule has 0 aliphatic carbocycles. The first-order valence-electron chi connectivity index (χ1n) is 7.38. The molecule has 0 saturated carbocycles. The van der Waals surface area contributed by atoms with Gasteiger partial charge in [-0.1, -0.05) is 0 Å². The van der Waals surface area contributed by atoms with Crippen LogP contribution in [0.15, 0.2) is 18.3 Å². The monoisotopic (exact) mass is 316 g/mol. The van der Waals surface area contributed by atoms with Crippen LogP contribution in [-0.2, 0) is 9.53 Å². The van der Waals surface area contributed by atoms with Gasteiger partial charge < -0.3 is 14.4 Å². The van der Waals surface area contributed by atoms with Gasteiger partial charge in [0, 0.05) is 25.2 Å². The van der Waals surface area contributed by atoms with Crippen LogP contribution in [0.2, 0.25) is 0 Å². The van der Waals surface area contributed by atoms with E-state index in [0.717, 1.165) is 0 Å². The van der Waals surface area contributed by atoms with Gasteiger partial charge in [0.05, 0.1) is 24.7 Å². The molecule has 0 spiro atoms. The number of ether oxygens (including phenoxy) is 2. The van der Waals surface area contributed by atoms with Gasteiger partial charge in [-0.2, -0.15) is 5.26 Å². The van der Waals surface area contributed by atoms with Gasteiger partial charge in [0.15, 0.2) is 0 Å². The molecule has 0 N–H and O–H groups in total. The molecule has 2 amide bonds. The highest BCUT2D eigenvalue weighted by molar-refractivity contribution is 5.83. The number of hydrogen-bond donors (Lipinski definition) is 0. The average molecular weight is 316 g/mol. The average Bonchev–Trinajstić information content (AvgIpc) is 3.17. The molecule has 0 radical (unpaired) electrons. The van der Waals surface area contributed by atoms with Crippen molar-refractivity contribution in [3.63, 3.8) is 0 Å². The Kier molecular flexibility index (Phi) is 4.28. The molecule has 8 heteroatoms. The standard InChI is InChI=1S/C15H16N4O4/c16-8-11-1-3-17-13(7-11)23-12-2-4-18(9-12)14(20)10-19-5-6-22-15(19)21/h1,3,7,12H,2,4-6,9-10H2. The Morgan fingerprint density at radius 3 is 3.13 bits per heavy atom. The molecule has 2 aliphatic rings. The van der Waals surface area contributed by atoms with Crippen molar-refractivity contribution in [1.82, 2.24) is 14.8 Å². The van der Waals surface area contributed by atoms with Crippen molar-refractivity contribution >= 4 is 12.0 Å². The minimum atomic E-state index is -0.442. The number of aromatic nitrogens is 1. The molecule has 1 unspecified atom stereocenters. The predicted molar refractivity (Wildman–Crippen MR) is 77.5 cm³/mol. The fourth-order valence-electron chi connectivity index (χ4n) is 2.60. The normalized spacial score (nSPS) is 20.3. The van der Waals surface area contributed by atoms with E-state index in [9.17, 15) is 9.59 Å². The van der Waals surface area contributed by atoms with Crippen molar-refractivity contribution < 1.29 is 19.1 Å². The Morgan fingerprint density at radius 1 is 1.52 bits per heavy atom. The van der Waals surface area contributed by atoms with E-state index in [2.05, 4.69) is 4.98 Å². The summed E-state index contributed by atoms with van der Waals surface area (Å²) in [6, 6.07) is 5.21. The van der Waals surface area contributed by atoms with Gasteiger partial charge in [-0.15, -0.1) is 0 Å². The molecule has 2 aliphatic heterocycles. The molecule has 1 atom stereocenters. The van der Waals surface area contributed by atoms with Crippen LogP contribution >= 0.6 is 0 Å². The number of nitrogens with zero attached hydrogens (tertiary/aromatic N) is 4. The third-order valence-electron chi connectivity index (χ3n) is 3.82. The Bertz CT molecular complexity index is 657. The van der Waals surface area contributed by atoms with Crippen molar-refractivity contribution in [3.8, 4) is 11.9 Å². The highest BCUT2D eigenvalue weighted by Gasteiger charge is 2.31. The number of likely N-dealkylation sites (tertiary alicyclic amines) is 1. The Morgan fingerprint density at radius 2 is 2.39 bits per heavy atom. The molecular weight excluding hydrogens is 300 g/mol. The zero-order valence-electron chi connectivity index (χ0n) is 12.5. The van der Waals surface area contributed by atoms with E-state index in [1.807, 2.05) is 6.07 Å². The van der Waals surface area contributed by atoms with Crippen LogP contribution in [0.4, 0.5) is 4.79 Å². The van der Waals surface area contributed by atoms with Crippen LogP contribution in [0, 0.1) is 11.3 Å². The number of cyclic esters (lactones) is 1. The zero-order chi connectivity index (χ0) is 16.2. The molecule has 2 fully saturated rings. The van der Waals surface area contributed by atoms with Gasteiger partial charge in [0.2, 0.25) is 11.8 Å². The van der Waals surface area contributed by atoms with Gasteiger partial charge in [0.25, 0.3) is 0 Å². The number of rotatable bonds is 4. The lowest BCUT2D eigenvalue weighted by Gasteiger charge is -2.19. The van der Waals surface area contributed by atoms with Crippen LogP contribution in [0.25, 0.3) is 0 Å². The summed E-state index contributed by atoms with van der Waals surface area (Å²) in [5.74, 6) is 0.264. The molecule has 1 aromatic rings. The SMILES string of the molecule is N#Cc1ccnc(OC2CCN(C(=O)CN3CCOC3=O)C2)c1. The molecule has 2 saturated heterocycles. The summed E-state index contributed by atoms with van der Waals surface area (Å²) in [7, 11) is 0. The molecule has 3 rings (SSSR count). The van der Waals surface area contributed by atoms with E-state index in [4.69, 9.17) is 14.7 Å². The number of nitriles is 1. The highest BCUT2D eigenvalue weighted by Crippen LogP contribution is 2.18. The van der Waals surface area contributed by atoms with Gasteiger partial charge in [-0.3, -0.25) is 9.69 Å². The highest BCUT2D eigenvalue weighted by atomic mass is 16.6. The topological polar surface area (TPSA) is 95.8 Å². The maximum absolute atomic E-state index is 12.2. The van der Waals surface area contributed by atoms with Crippen LogP contribution < -0.4 is 4.74 Å². The third kappa shape index (κ3) is 3.51. The van der Waals surface area contributed by atoms with Gasteiger partial charge in [-0.25, -0.2) is 9.78 Å². The lowest BCUT2D eigenvalue weighted by atomic mass is 10.3. The minimum Gasteiger partial charge on any atom is -0.472 e. The number of amides is 2. The first kappa shape index (κ1) is 15.1. The van der Waals surface area contributed by atoms with Crippen LogP contribution in [0.5, 0.6) is 5.88 Å². The lowest BCUT2D eigenvalue weighted by molar-refractivity contribution is -0.130. The number of pyridine rings is 1. The molecule has 1 aromatic heterocycles. The minimum absolute atomic E-state index is 0.0354. The molecule has 3 heterocycles. The van der Waals surface area contributed by atoms with E-state index in [1.165, 1.54) is 11.1 Å². The second-order valence-electron chi connectivity index (χ2n) is 5.40. The quantitative estimate of drug-likeness (QED) is 0.797. The molecule has 23 heavy (non-hydrogen) atoms. The second kappa shape index (κ2) is 6.52. The largest absolute Gasteiger partial charge is 0.472 e. The summed E-state index contributed by atoms with van der Waals surface area (Å²) in [6.45, 7) is 1.83. The van der Waals surface area contributed by atoms with Crippen molar-refractivity contribution in [2.24, 2.45) is 0 Å². The smallest absolute Gasteiger partial charge is 0.410 e. The van der Waals surface area contributed by atoms with Crippen LogP contribution in [-0.4, -0.2) is 65.7 Å². The van der Waals surface area contributed by atoms with E-state index in [-0.39, 0.29) is 18.6 Å². The van der Waals surface area contributed by atoms with Crippen molar-refractivity contribution in [2.75, 3.05) is 32.8 Å². The van der Waals surface area contributed by atoms with Gasteiger partial charge in [-0.05, 0) is 6.07 Å². The third-order valence-corrected chi connectivity index (χ3v) is 3.82. The first-order chi connectivity index (χ1) is 11.2. The summed E-state index contributed by atoms with van der Waals surface area (Å²) < 4.78 is 10.5. The van der Waals surface area contributed by atoms with Gasteiger partial charge >= 0.3 is 6.09 Å². The lowest BCUT2D eigenvalue weighted by Crippen LogP contribution is -2.40. The van der Waals surface area contributed by atoms with E-state index >= 15 is 0 Å². The summed E-state index contributed by atoms with van der Waals surface area (Å²) in [6.07, 6.45) is 1.60. The van der Waals surface area contributed by atoms with E-state index in [1.54, 1.807) is 17.0 Å². The van der Waals surface area contributed by atoms with Crippen LogP contribution in [0.1, 0.15) is 12.0 Å². The van der Waals surface area contributed by atoms with Crippen molar-refractivity contribution in [3.05, 3.63) is 23.9 Å². The van der Waals surface area contributed by atoms with E-state index in [0.29, 0.717) is 44.1 Å². The fraction of sp³-hybridized carbons (Fsp3) is 0.467. The van der Waals surface area contributed by atoms with Crippen LogP contribution in [0.3, 0.4) is 0 Å². The number of carbonyl (C=O) groups excluding carboxylic acids is 2. The fourth-order valence-corrected chi connectivity index (χ4v) is 2.60. The summed E-state index contributed by atoms with van der Waals surface area (Å²) in [5.41, 5.74) is 0.480. The summed E-state index contributed by atoms with van der Waals surface area (Å²) in [5, 5.41) is 8.87. The molecule has 0 aromatic carbocycles. The Balaban J connectivity index is 1.52. The maximum atomic E-state index is 12.2. The number of hydrogen-bond acceptors (Lipinski definition) is 6. The number of carbonyl (C=O) groups is 2. The molecule has 8 nitrogen and oxygen atoms in total. The van der Waals surface area contributed by atoms with Crippen molar-refractivity contribution in [1.29, 1.82) is 5.26 Å². The predicted octanol–water partition coefficient (Wildman–Crippen LogP) is 0.385. The van der Waals surface area contributed by atoms with Gasteiger partial charge in [0.1, 0.15) is 19.3 Å². The summed E-state index contributed by atoms with van der Waals surface area (Å²) >= 11 is 0.